The van der Waals surface area contributed by atoms with Gasteiger partial charge in [-0.25, -0.2) is 4.68 Å². The molecule has 0 aliphatic heterocycles. The number of hydrogen-bond donors (Lipinski definition) is 0. The summed E-state index contributed by atoms with van der Waals surface area (Å²) < 4.78 is 38.6. The minimum Gasteiger partial charge on any atom is -0.238 e. The van der Waals surface area contributed by atoms with Gasteiger partial charge < -0.3 is 0 Å². The zero-order chi connectivity index (χ0) is 13.3. The Bertz CT molecular complexity index is 625. The quantitative estimate of drug-likeness (QED) is 0.797. The van der Waals surface area contributed by atoms with Gasteiger partial charge in [0.25, 0.3) is 0 Å². The summed E-state index contributed by atoms with van der Waals surface area (Å²) in [6.07, 6.45) is -1.76. The number of benzene rings is 1. The smallest absolute Gasteiger partial charge is 0.238 e. The highest BCUT2D eigenvalue weighted by molar-refractivity contribution is 6.32. The van der Waals surface area contributed by atoms with Crippen molar-refractivity contribution in [3.63, 3.8) is 0 Å². The van der Waals surface area contributed by atoms with E-state index in [1.807, 2.05) is 6.07 Å². The van der Waals surface area contributed by atoms with E-state index >= 15 is 0 Å². The first-order valence-electron chi connectivity index (χ1n) is 4.73. The predicted molar refractivity (Wildman–Crippen MR) is 58.3 cm³/mol. The molecule has 0 amide bonds. The molecule has 0 spiro atoms. The van der Waals surface area contributed by atoms with Gasteiger partial charge in [0.2, 0.25) is 0 Å². The maximum absolute atomic E-state index is 12.4. The van der Waals surface area contributed by atoms with Gasteiger partial charge in [0, 0.05) is 6.20 Å². The van der Waals surface area contributed by atoms with Crippen LogP contribution in [0.2, 0.25) is 5.02 Å². The van der Waals surface area contributed by atoms with Crippen molar-refractivity contribution in [2.24, 2.45) is 0 Å². The van der Waals surface area contributed by atoms with Crippen LogP contribution in [0, 0.1) is 11.3 Å². The zero-order valence-corrected chi connectivity index (χ0v) is 9.50. The standard InChI is InChI=1S/C11H5ClF3N3/c12-9-3-8(11(13,14)15)1-2-10(9)18-6-7(4-16)5-17-18/h1-3,5-6H. The zero-order valence-electron chi connectivity index (χ0n) is 8.74. The van der Waals surface area contributed by atoms with E-state index < -0.39 is 11.7 Å². The predicted octanol–water partition coefficient (Wildman–Crippen LogP) is 3.42. The van der Waals surface area contributed by atoms with Crippen molar-refractivity contribution in [3.05, 3.63) is 46.7 Å². The summed E-state index contributed by atoms with van der Waals surface area (Å²) in [6, 6.07) is 4.81. The highest BCUT2D eigenvalue weighted by Crippen LogP contribution is 2.32. The molecule has 2 rings (SSSR count). The van der Waals surface area contributed by atoms with Gasteiger partial charge in [0.1, 0.15) is 6.07 Å². The summed E-state index contributed by atoms with van der Waals surface area (Å²) in [5.74, 6) is 0. The Kier molecular flexibility index (Phi) is 3.01. The Balaban J connectivity index is 2.45. The molecular weight excluding hydrogens is 267 g/mol. The summed E-state index contributed by atoms with van der Waals surface area (Å²) in [5, 5.41) is 12.4. The normalized spacial score (nSPS) is 11.3. The number of nitriles is 1. The summed E-state index contributed by atoms with van der Waals surface area (Å²) in [6.45, 7) is 0. The lowest BCUT2D eigenvalue weighted by Gasteiger charge is -2.09. The minimum atomic E-state index is -4.44. The summed E-state index contributed by atoms with van der Waals surface area (Å²) in [4.78, 5) is 0. The van der Waals surface area contributed by atoms with Crippen molar-refractivity contribution in [3.8, 4) is 11.8 Å². The van der Waals surface area contributed by atoms with Gasteiger partial charge in [-0.2, -0.15) is 23.5 Å². The molecule has 0 aliphatic rings. The molecule has 0 saturated heterocycles. The average Bonchev–Trinajstić information content (AvgIpc) is 2.76. The number of halogens is 4. The first-order valence-corrected chi connectivity index (χ1v) is 5.11. The Morgan fingerprint density at radius 2 is 2.06 bits per heavy atom. The van der Waals surface area contributed by atoms with E-state index in [1.54, 1.807) is 0 Å². The second-order valence-electron chi connectivity index (χ2n) is 3.45. The summed E-state index contributed by atoms with van der Waals surface area (Å²) in [7, 11) is 0. The van der Waals surface area contributed by atoms with E-state index in [9.17, 15) is 13.2 Å². The second-order valence-corrected chi connectivity index (χ2v) is 3.86. The average molecular weight is 272 g/mol. The third-order valence-electron chi connectivity index (χ3n) is 2.23. The van der Waals surface area contributed by atoms with E-state index in [4.69, 9.17) is 16.9 Å². The SMILES string of the molecule is N#Cc1cnn(-c2ccc(C(F)(F)F)cc2Cl)c1. The summed E-state index contributed by atoms with van der Waals surface area (Å²) in [5.41, 5.74) is -0.249. The van der Waals surface area contributed by atoms with E-state index in [1.165, 1.54) is 23.1 Å². The molecule has 0 aliphatic carbocycles. The second kappa shape index (κ2) is 4.35. The van der Waals surface area contributed by atoms with Crippen LogP contribution >= 0.6 is 11.6 Å². The molecule has 18 heavy (non-hydrogen) atoms. The maximum atomic E-state index is 12.4. The molecule has 0 atom stereocenters. The molecule has 92 valence electrons. The van der Waals surface area contributed by atoms with Crippen molar-refractivity contribution in [2.75, 3.05) is 0 Å². The largest absolute Gasteiger partial charge is 0.416 e. The molecule has 7 heteroatoms. The highest BCUT2D eigenvalue weighted by Gasteiger charge is 2.31. The third kappa shape index (κ3) is 2.31. The first kappa shape index (κ1) is 12.5. The molecule has 1 aromatic heterocycles. The fourth-order valence-electron chi connectivity index (χ4n) is 1.38. The van der Waals surface area contributed by atoms with Crippen LogP contribution in [0.1, 0.15) is 11.1 Å². The van der Waals surface area contributed by atoms with E-state index in [0.29, 0.717) is 5.56 Å². The molecule has 0 fully saturated rings. The molecule has 1 heterocycles. The van der Waals surface area contributed by atoms with Crippen molar-refractivity contribution in [1.82, 2.24) is 9.78 Å². The first-order chi connectivity index (χ1) is 8.41. The number of hydrogen-bond acceptors (Lipinski definition) is 2. The number of rotatable bonds is 1. The maximum Gasteiger partial charge on any atom is 0.416 e. The van der Waals surface area contributed by atoms with Crippen molar-refractivity contribution < 1.29 is 13.2 Å². The molecule has 0 unspecified atom stereocenters. The van der Waals surface area contributed by atoms with Crippen molar-refractivity contribution in [2.45, 2.75) is 6.18 Å². The molecule has 2 aromatic rings. The molecular formula is C11H5ClF3N3. The molecule has 0 saturated carbocycles. The Morgan fingerprint density at radius 3 is 2.56 bits per heavy atom. The topological polar surface area (TPSA) is 41.6 Å². The van der Waals surface area contributed by atoms with Crippen LogP contribution in [0.3, 0.4) is 0 Å². The van der Waals surface area contributed by atoms with Gasteiger partial charge in [-0.3, -0.25) is 0 Å². The lowest BCUT2D eigenvalue weighted by molar-refractivity contribution is -0.137. The van der Waals surface area contributed by atoms with E-state index in [0.717, 1.165) is 12.1 Å². The van der Waals surface area contributed by atoms with Crippen LogP contribution in [-0.4, -0.2) is 9.78 Å². The Labute approximate surface area is 105 Å². The minimum absolute atomic E-state index is 0.0857. The number of alkyl halides is 3. The van der Waals surface area contributed by atoms with Gasteiger partial charge in [-0.1, -0.05) is 11.6 Å². The number of aromatic nitrogens is 2. The van der Waals surface area contributed by atoms with Crippen LogP contribution in [0.5, 0.6) is 0 Å². The van der Waals surface area contributed by atoms with Crippen molar-refractivity contribution in [1.29, 1.82) is 5.26 Å². The van der Waals surface area contributed by atoms with Crippen LogP contribution in [0.25, 0.3) is 5.69 Å². The van der Waals surface area contributed by atoms with E-state index in [2.05, 4.69) is 5.10 Å². The lowest BCUT2D eigenvalue weighted by Crippen LogP contribution is -2.05. The van der Waals surface area contributed by atoms with Crippen molar-refractivity contribution >= 4 is 11.6 Å². The van der Waals surface area contributed by atoms with Gasteiger partial charge in [-0.15, -0.1) is 0 Å². The van der Waals surface area contributed by atoms with Gasteiger partial charge in [-0.05, 0) is 18.2 Å². The lowest BCUT2D eigenvalue weighted by atomic mass is 10.2. The molecule has 0 N–H and O–H groups in total. The molecule has 0 bridgehead atoms. The van der Waals surface area contributed by atoms with Crippen LogP contribution in [-0.2, 0) is 6.18 Å². The van der Waals surface area contributed by atoms with E-state index in [-0.39, 0.29) is 10.7 Å². The van der Waals surface area contributed by atoms with Gasteiger partial charge in [0.05, 0.1) is 28.0 Å². The van der Waals surface area contributed by atoms with Crippen LogP contribution in [0.15, 0.2) is 30.6 Å². The Hall–Kier alpha value is -2.00. The third-order valence-corrected chi connectivity index (χ3v) is 2.54. The van der Waals surface area contributed by atoms with Crippen LogP contribution in [0.4, 0.5) is 13.2 Å². The fourth-order valence-corrected chi connectivity index (χ4v) is 1.65. The van der Waals surface area contributed by atoms with Gasteiger partial charge in [0.15, 0.2) is 0 Å². The fraction of sp³-hybridized carbons (Fsp3) is 0.0909. The highest BCUT2D eigenvalue weighted by atomic mass is 35.5. The molecule has 3 nitrogen and oxygen atoms in total. The molecule has 1 aromatic carbocycles. The Morgan fingerprint density at radius 1 is 1.33 bits per heavy atom. The molecule has 0 radical (unpaired) electrons. The number of nitrogens with zero attached hydrogens (tertiary/aromatic N) is 3. The monoisotopic (exact) mass is 271 g/mol. The van der Waals surface area contributed by atoms with Crippen LogP contribution < -0.4 is 0 Å². The summed E-state index contributed by atoms with van der Waals surface area (Å²) >= 11 is 5.78. The van der Waals surface area contributed by atoms with Gasteiger partial charge >= 0.3 is 6.18 Å².